The third-order valence-corrected chi connectivity index (χ3v) is 7.06. The molecule has 2 aromatic heterocycles. The Hall–Kier alpha value is -4.77. The second-order valence-electron chi connectivity index (χ2n) is 9.45. The fourth-order valence-corrected chi connectivity index (χ4v) is 5.26. The smallest absolute Gasteiger partial charge is 0.359 e. The van der Waals surface area contributed by atoms with Gasteiger partial charge in [-0.25, -0.2) is 9.78 Å². The minimum Gasteiger partial charge on any atom is -0.456 e. The molecule has 6 aromatic rings. The van der Waals surface area contributed by atoms with Gasteiger partial charge in [0.1, 0.15) is 28.8 Å². The van der Waals surface area contributed by atoms with Crippen molar-refractivity contribution in [2.45, 2.75) is 18.9 Å². The largest absolute Gasteiger partial charge is 0.456 e. The molecule has 0 aliphatic carbocycles. The number of hydrogen-bond acceptors (Lipinski definition) is 4. The number of hydrogen-bond donors (Lipinski definition) is 1. The molecule has 1 atom stereocenters. The van der Waals surface area contributed by atoms with Gasteiger partial charge >= 0.3 is 11.7 Å². The maximum absolute atomic E-state index is 13.7. The van der Waals surface area contributed by atoms with Gasteiger partial charge in [0.05, 0.1) is 0 Å². The van der Waals surface area contributed by atoms with Gasteiger partial charge in [-0.15, -0.1) is 0 Å². The summed E-state index contributed by atoms with van der Waals surface area (Å²) < 4.78 is 7.97. The third-order valence-electron chi connectivity index (χ3n) is 7.06. The van der Waals surface area contributed by atoms with Gasteiger partial charge in [-0.05, 0) is 11.6 Å². The second kappa shape index (κ2) is 8.71. The van der Waals surface area contributed by atoms with Crippen LogP contribution in [0.4, 0.5) is 5.82 Å². The molecule has 0 bridgehead atoms. The Morgan fingerprint density at radius 1 is 0.811 bits per heavy atom. The number of furan rings is 1. The van der Waals surface area contributed by atoms with Gasteiger partial charge in [0, 0.05) is 34.7 Å². The van der Waals surface area contributed by atoms with Gasteiger partial charge in [0.2, 0.25) is 0 Å². The Balaban J connectivity index is 1.29. The Morgan fingerprint density at radius 3 is 2.38 bits per heavy atom. The van der Waals surface area contributed by atoms with Crippen molar-refractivity contribution in [2.24, 2.45) is 0 Å². The van der Waals surface area contributed by atoms with Crippen LogP contribution in [0.25, 0.3) is 33.2 Å². The molecule has 7 rings (SSSR count). The number of carbonyl (C=O) groups is 1. The first kappa shape index (κ1) is 21.5. The van der Waals surface area contributed by atoms with Gasteiger partial charge in [-0.3, -0.25) is 5.32 Å². The summed E-state index contributed by atoms with van der Waals surface area (Å²) in [5, 5.41) is 5.67. The average molecular weight is 483 g/mol. The monoisotopic (exact) mass is 482 g/mol. The fourth-order valence-electron chi connectivity index (χ4n) is 5.26. The second-order valence-corrected chi connectivity index (χ2v) is 9.45. The lowest BCUT2D eigenvalue weighted by Gasteiger charge is -2.07. The van der Waals surface area contributed by atoms with Crippen molar-refractivity contribution in [3.8, 4) is 11.3 Å². The minimum absolute atomic E-state index is 0.0111. The van der Waals surface area contributed by atoms with Crippen LogP contribution >= 0.6 is 0 Å². The first-order chi connectivity index (χ1) is 18.2. The number of benzene rings is 4. The van der Waals surface area contributed by atoms with E-state index in [4.69, 9.17) is 9.40 Å². The molecule has 3 heterocycles. The number of nitrogens with zero attached hydrogens (tertiary/aromatic N) is 2. The number of para-hydroxylation sites is 2. The van der Waals surface area contributed by atoms with Crippen LogP contribution in [0.1, 0.15) is 21.6 Å². The zero-order valence-corrected chi connectivity index (χ0v) is 20.1. The van der Waals surface area contributed by atoms with E-state index in [0.29, 0.717) is 12.8 Å². The molecule has 4 aromatic carbocycles. The summed E-state index contributed by atoms with van der Waals surface area (Å²) in [4.78, 5) is 18.8. The molecule has 0 saturated carbocycles. The van der Waals surface area contributed by atoms with Gasteiger partial charge in [-0.1, -0.05) is 97.1 Å². The lowest BCUT2D eigenvalue weighted by molar-refractivity contribution is -0.552. The van der Waals surface area contributed by atoms with E-state index in [-0.39, 0.29) is 5.91 Å². The summed E-state index contributed by atoms with van der Waals surface area (Å²) in [5.41, 5.74) is 6.47. The molecule has 1 aliphatic heterocycles. The molecule has 0 radical (unpaired) electrons. The van der Waals surface area contributed by atoms with Gasteiger partial charge < -0.3 is 4.42 Å². The van der Waals surface area contributed by atoms with Crippen LogP contribution in [0.3, 0.4) is 0 Å². The van der Waals surface area contributed by atoms with Crippen LogP contribution in [0, 0.1) is 0 Å². The standard InChI is InChI=1S/C32H23N3O2/c36-32-27(19-23-14-9-16-25-24-15-7-8-17-29(24)37-30(23)25)34-31-26(18-21-10-3-1-4-11-21)33-28(20-35(31)32)22-12-5-2-6-13-22/h1-17,20,27H,18-19H2/p+1. The van der Waals surface area contributed by atoms with E-state index in [0.717, 1.165) is 55.8 Å². The van der Waals surface area contributed by atoms with Crippen molar-refractivity contribution in [2.75, 3.05) is 5.32 Å². The van der Waals surface area contributed by atoms with E-state index in [1.165, 1.54) is 0 Å². The summed E-state index contributed by atoms with van der Waals surface area (Å²) in [7, 11) is 0. The summed E-state index contributed by atoms with van der Waals surface area (Å²) >= 11 is 0. The topological polar surface area (TPSA) is 59.0 Å². The van der Waals surface area contributed by atoms with Crippen molar-refractivity contribution < 1.29 is 13.8 Å². The van der Waals surface area contributed by atoms with Crippen LogP contribution in [0.15, 0.2) is 114 Å². The maximum atomic E-state index is 13.7. The fraction of sp³-hybridized carbons (Fsp3) is 0.0938. The highest BCUT2D eigenvalue weighted by Crippen LogP contribution is 2.32. The number of carbonyl (C=O) groups excluding carboxylic acids is 1. The molecule has 0 amide bonds. The molecule has 0 saturated heterocycles. The van der Waals surface area contributed by atoms with Crippen molar-refractivity contribution in [1.82, 2.24) is 4.98 Å². The molecular weight excluding hydrogens is 458 g/mol. The number of nitrogens with one attached hydrogen (secondary N) is 1. The summed E-state index contributed by atoms with van der Waals surface area (Å²) in [6, 6.07) is 34.0. The Labute approximate surface area is 214 Å². The van der Waals surface area contributed by atoms with Crippen LogP contribution in [-0.4, -0.2) is 16.9 Å². The van der Waals surface area contributed by atoms with Gasteiger partial charge in [0.25, 0.3) is 0 Å². The highest BCUT2D eigenvalue weighted by Gasteiger charge is 2.41. The van der Waals surface area contributed by atoms with Crippen molar-refractivity contribution in [1.29, 1.82) is 0 Å². The lowest BCUT2D eigenvalue weighted by atomic mass is 10.0. The summed E-state index contributed by atoms with van der Waals surface area (Å²) in [5.74, 6) is 0.771. The van der Waals surface area contributed by atoms with E-state index >= 15 is 0 Å². The predicted octanol–water partition coefficient (Wildman–Crippen LogP) is 6.20. The zero-order valence-electron chi connectivity index (χ0n) is 20.1. The Kier molecular flexibility index (Phi) is 5.07. The van der Waals surface area contributed by atoms with E-state index < -0.39 is 6.04 Å². The molecule has 1 N–H and O–H groups in total. The van der Waals surface area contributed by atoms with E-state index in [2.05, 4.69) is 29.6 Å². The van der Waals surface area contributed by atoms with Crippen LogP contribution < -0.4 is 9.88 Å². The molecule has 1 unspecified atom stereocenters. The van der Waals surface area contributed by atoms with Crippen molar-refractivity contribution in [3.05, 3.63) is 126 Å². The number of aromatic nitrogens is 2. The predicted molar refractivity (Wildman–Crippen MR) is 145 cm³/mol. The molecule has 0 spiro atoms. The highest BCUT2D eigenvalue weighted by atomic mass is 16.3. The minimum atomic E-state index is -0.416. The van der Waals surface area contributed by atoms with E-state index in [1.54, 1.807) is 4.57 Å². The third kappa shape index (κ3) is 3.76. The molecule has 37 heavy (non-hydrogen) atoms. The molecule has 1 aliphatic rings. The molecule has 5 heteroatoms. The quantitative estimate of drug-likeness (QED) is 0.297. The average Bonchev–Trinajstić information content (AvgIpc) is 3.48. The Morgan fingerprint density at radius 2 is 1.54 bits per heavy atom. The molecular formula is C32H24N3O2+. The molecule has 178 valence electrons. The summed E-state index contributed by atoms with van der Waals surface area (Å²) in [6.07, 6.45) is 3.00. The first-order valence-corrected chi connectivity index (χ1v) is 12.5. The number of rotatable bonds is 5. The summed E-state index contributed by atoms with van der Waals surface area (Å²) in [6.45, 7) is 0. The van der Waals surface area contributed by atoms with E-state index in [9.17, 15) is 4.79 Å². The van der Waals surface area contributed by atoms with Crippen molar-refractivity contribution in [3.63, 3.8) is 0 Å². The zero-order chi connectivity index (χ0) is 24.8. The number of anilines is 1. The van der Waals surface area contributed by atoms with Crippen molar-refractivity contribution >= 4 is 33.7 Å². The normalized spacial score (nSPS) is 14.7. The Bertz CT molecular complexity index is 1770. The lowest BCUT2D eigenvalue weighted by Crippen LogP contribution is -2.44. The molecule has 5 nitrogen and oxygen atoms in total. The van der Waals surface area contributed by atoms with Gasteiger partial charge in [-0.2, -0.15) is 4.57 Å². The van der Waals surface area contributed by atoms with Crippen LogP contribution in [0.2, 0.25) is 0 Å². The highest BCUT2D eigenvalue weighted by molar-refractivity contribution is 6.06. The molecule has 0 fully saturated rings. The van der Waals surface area contributed by atoms with Crippen LogP contribution in [0.5, 0.6) is 0 Å². The maximum Gasteiger partial charge on any atom is 0.359 e. The SMILES string of the molecule is O=C1C(Cc2cccc3c2oc2ccccc23)Nc2c(Cc3ccccc3)nc(-c3ccccc3)c[n+]21. The van der Waals surface area contributed by atoms with Gasteiger partial charge in [0.15, 0.2) is 6.04 Å². The first-order valence-electron chi connectivity index (χ1n) is 12.5. The number of fused-ring (bicyclic) bond motifs is 4. The van der Waals surface area contributed by atoms with E-state index in [1.807, 2.05) is 85.1 Å². The van der Waals surface area contributed by atoms with Crippen LogP contribution in [-0.2, 0) is 12.8 Å².